The predicted octanol–water partition coefficient (Wildman–Crippen LogP) is 2.41. The number of nitrogens with one attached hydrogen (secondary N) is 3. The Bertz CT molecular complexity index is 532. The zero-order valence-electron chi connectivity index (χ0n) is 11.3. The lowest BCUT2D eigenvalue weighted by molar-refractivity contribution is -0.112. The third-order valence-electron chi connectivity index (χ3n) is 2.87. The van der Waals surface area contributed by atoms with Crippen molar-refractivity contribution in [2.45, 2.75) is 13.8 Å². The molecule has 0 unspecified atom stereocenters. The number of anilines is 2. The molecule has 0 radical (unpaired) electrons. The van der Waals surface area contributed by atoms with Crippen molar-refractivity contribution in [3.63, 3.8) is 0 Å². The van der Waals surface area contributed by atoms with E-state index in [1.54, 1.807) is 12.3 Å². The van der Waals surface area contributed by atoms with Gasteiger partial charge in [-0.15, -0.1) is 0 Å². The second-order valence-corrected chi connectivity index (χ2v) is 4.43. The van der Waals surface area contributed by atoms with Gasteiger partial charge in [0, 0.05) is 18.7 Å². The molecule has 0 saturated heterocycles. The molecule has 3 N–H and O–H groups in total. The van der Waals surface area contributed by atoms with E-state index in [0.717, 1.165) is 23.5 Å². The highest BCUT2D eigenvalue weighted by Crippen LogP contribution is 2.23. The highest BCUT2D eigenvalue weighted by Gasteiger charge is 2.10. The monoisotopic (exact) mass is 257 g/mol. The lowest BCUT2D eigenvalue weighted by atomic mass is 10.1. The molecule has 1 aromatic rings. The molecule has 0 bridgehead atoms. The topological polar surface area (TPSA) is 53.2 Å². The number of hydrogen-bond donors (Lipinski definition) is 3. The Morgan fingerprint density at radius 2 is 2.21 bits per heavy atom. The quantitative estimate of drug-likeness (QED) is 0.776. The number of hydrogen-bond acceptors (Lipinski definition) is 3. The van der Waals surface area contributed by atoms with Crippen LogP contribution in [0.1, 0.15) is 12.5 Å². The summed E-state index contributed by atoms with van der Waals surface area (Å²) >= 11 is 0. The fourth-order valence-electron chi connectivity index (χ4n) is 1.92. The first-order valence-corrected chi connectivity index (χ1v) is 6.46. The van der Waals surface area contributed by atoms with Crippen molar-refractivity contribution >= 4 is 17.3 Å². The Labute approximate surface area is 113 Å². The van der Waals surface area contributed by atoms with Gasteiger partial charge in [0.15, 0.2) is 0 Å². The summed E-state index contributed by atoms with van der Waals surface area (Å²) in [6, 6.07) is 5.95. The highest BCUT2D eigenvalue weighted by molar-refractivity contribution is 6.07. The number of amides is 1. The molecule has 1 aliphatic rings. The Morgan fingerprint density at radius 3 is 2.89 bits per heavy atom. The van der Waals surface area contributed by atoms with E-state index in [0.29, 0.717) is 12.1 Å². The molecule has 1 aliphatic heterocycles. The van der Waals surface area contributed by atoms with Gasteiger partial charge in [0.1, 0.15) is 0 Å². The Balaban J connectivity index is 2.16. The maximum absolute atomic E-state index is 12.1. The molecule has 4 nitrogen and oxygen atoms in total. The van der Waals surface area contributed by atoms with Gasteiger partial charge in [-0.2, -0.15) is 0 Å². The van der Waals surface area contributed by atoms with Crippen molar-refractivity contribution in [3.05, 3.63) is 47.7 Å². The lowest BCUT2D eigenvalue weighted by Gasteiger charge is -2.14. The second kappa shape index (κ2) is 6.09. The van der Waals surface area contributed by atoms with Crippen LogP contribution in [0.3, 0.4) is 0 Å². The molecular weight excluding hydrogens is 238 g/mol. The summed E-state index contributed by atoms with van der Waals surface area (Å²) in [5, 5.41) is 9.23. The normalized spacial score (nSPS) is 13.5. The van der Waals surface area contributed by atoms with Gasteiger partial charge in [-0.25, -0.2) is 0 Å². The Hall–Kier alpha value is -2.23. The zero-order valence-corrected chi connectivity index (χ0v) is 11.3. The minimum atomic E-state index is -0.0826. The van der Waals surface area contributed by atoms with E-state index in [4.69, 9.17) is 0 Å². The van der Waals surface area contributed by atoms with Crippen LogP contribution in [-0.2, 0) is 4.79 Å². The molecule has 0 saturated carbocycles. The van der Waals surface area contributed by atoms with Crippen molar-refractivity contribution in [2.75, 3.05) is 23.7 Å². The first-order chi connectivity index (χ1) is 9.20. The van der Waals surface area contributed by atoms with Gasteiger partial charge in [-0.3, -0.25) is 4.79 Å². The number of dihydropyridines is 1. The molecular formula is C15H19N3O. The van der Waals surface area contributed by atoms with Crippen LogP contribution in [-0.4, -0.2) is 19.0 Å². The first kappa shape index (κ1) is 13.2. The summed E-state index contributed by atoms with van der Waals surface area (Å²) in [5.41, 5.74) is 3.61. The smallest absolute Gasteiger partial charge is 0.255 e. The van der Waals surface area contributed by atoms with Crippen LogP contribution in [0, 0.1) is 6.92 Å². The maximum atomic E-state index is 12.1. The van der Waals surface area contributed by atoms with Crippen LogP contribution in [0.25, 0.3) is 0 Å². The molecule has 0 aliphatic carbocycles. The molecule has 19 heavy (non-hydrogen) atoms. The van der Waals surface area contributed by atoms with E-state index in [-0.39, 0.29) is 5.91 Å². The molecule has 0 spiro atoms. The van der Waals surface area contributed by atoms with Crippen LogP contribution in [0.2, 0.25) is 0 Å². The van der Waals surface area contributed by atoms with Crippen molar-refractivity contribution in [3.8, 4) is 0 Å². The van der Waals surface area contributed by atoms with E-state index in [2.05, 4.69) is 16.0 Å². The molecule has 1 aromatic carbocycles. The Kier molecular flexibility index (Phi) is 4.23. The first-order valence-electron chi connectivity index (χ1n) is 6.46. The summed E-state index contributed by atoms with van der Waals surface area (Å²) in [6.07, 6.45) is 5.44. The SMILES string of the molecule is CCNc1cc(C)ccc1NC(=O)C1=CCNC=C1. The van der Waals surface area contributed by atoms with E-state index in [1.807, 2.05) is 38.1 Å². The average molecular weight is 257 g/mol. The van der Waals surface area contributed by atoms with E-state index < -0.39 is 0 Å². The summed E-state index contributed by atoms with van der Waals surface area (Å²) in [5.74, 6) is -0.0826. The van der Waals surface area contributed by atoms with Crippen LogP contribution in [0.5, 0.6) is 0 Å². The molecule has 0 aromatic heterocycles. The van der Waals surface area contributed by atoms with Crippen molar-refractivity contribution < 1.29 is 4.79 Å². The van der Waals surface area contributed by atoms with Gasteiger partial charge >= 0.3 is 0 Å². The standard InChI is InChI=1S/C15H19N3O/c1-3-17-14-10-11(2)4-5-13(14)18-15(19)12-6-8-16-9-7-12/h4-8,10,16-17H,3,9H2,1-2H3,(H,18,19). The van der Waals surface area contributed by atoms with Gasteiger partial charge in [0.25, 0.3) is 5.91 Å². The number of aryl methyl sites for hydroxylation is 1. The van der Waals surface area contributed by atoms with Crippen LogP contribution < -0.4 is 16.0 Å². The Morgan fingerprint density at radius 1 is 1.37 bits per heavy atom. The largest absolute Gasteiger partial charge is 0.387 e. The second-order valence-electron chi connectivity index (χ2n) is 4.43. The lowest BCUT2D eigenvalue weighted by Crippen LogP contribution is -2.19. The number of benzene rings is 1. The minimum Gasteiger partial charge on any atom is -0.387 e. The highest BCUT2D eigenvalue weighted by atomic mass is 16.1. The summed E-state index contributed by atoms with van der Waals surface area (Å²) < 4.78 is 0. The van der Waals surface area contributed by atoms with Gasteiger partial charge in [-0.05, 0) is 43.8 Å². The third-order valence-corrected chi connectivity index (χ3v) is 2.87. The minimum absolute atomic E-state index is 0.0826. The van der Waals surface area contributed by atoms with Gasteiger partial charge < -0.3 is 16.0 Å². The molecule has 1 heterocycles. The van der Waals surface area contributed by atoms with Gasteiger partial charge in [0.05, 0.1) is 11.4 Å². The van der Waals surface area contributed by atoms with Crippen LogP contribution >= 0.6 is 0 Å². The van der Waals surface area contributed by atoms with Crippen LogP contribution in [0.4, 0.5) is 11.4 Å². The van der Waals surface area contributed by atoms with E-state index >= 15 is 0 Å². The number of carbonyl (C=O) groups excluding carboxylic acids is 1. The van der Waals surface area contributed by atoms with Crippen molar-refractivity contribution in [2.24, 2.45) is 0 Å². The van der Waals surface area contributed by atoms with E-state index in [1.165, 1.54) is 0 Å². The van der Waals surface area contributed by atoms with Crippen molar-refractivity contribution in [1.82, 2.24) is 5.32 Å². The molecule has 4 heteroatoms. The predicted molar refractivity (Wildman–Crippen MR) is 79.2 cm³/mol. The molecule has 100 valence electrons. The van der Waals surface area contributed by atoms with Crippen LogP contribution in [0.15, 0.2) is 42.1 Å². The molecule has 0 fully saturated rings. The third kappa shape index (κ3) is 3.37. The molecule has 0 atom stereocenters. The number of carbonyl (C=O) groups is 1. The zero-order chi connectivity index (χ0) is 13.7. The fraction of sp³-hybridized carbons (Fsp3) is 0.267. The van der Waals surface area contributed by atoms with Gasteiger partial charge in [-0.1, -0.05) is 12.1 Å². The van der Waals surface area contributed by atoms with Crippen molar-refractivity contribution in [1.29, 1.82) is 0 Å². The van der Waals surface area contributed by atoms with Gasteiger partial charge in [0.2, 0.25) is 0 Å². The average Bonchev–Trinajstić information content (AvgIpc) is 2.43. The summed E-state index contributed by atoms with van der Waals surface area (Å²) in [7, 11) is 0. The summed E-state index contributed by atoms with van der Waals surface area (Å²) in [6.45, 7) is 5.57. The fourth-order valence-corrected chi connectivity index (χ4v) is 1.92. The number of rotatable bonds is 4. The molecule has 1 amide bonds. The maximum Gasteiger partial charge on any atom is 0.255 e. The summed E-state index contributed by atoms with van der Waals surface area (Å²) in [4.78, 5) is 12.1. The van der Waals surface area contributed by atoms with E-state index in [9.17, 15) is 4.79 Å². The molecule has 2 rings (SSSR count).